The van der Waals surface area contributed by atoms with E-state index in [1.54, 1.807) is 4.90 Å². The molecule has 1 N–H and O–H groups in total. The zero-order valence-electron chi connectivity index (χ0n) is 10.4. The highest BCUT2D eigenvalue weighted by molar-refractivity contribution is 9.09. The number of hydrogen-bond acceptors (Lipinski definition) is 2. The highest BCUT2D eigenvalue weighted by Crippen LogP contribution is 2.28. The fourth-order valence-electron chi connectivity index (χ4n) is 2.02. The number of alkyl halides is 1. The molecule has 0 aromatic heterocycles. The molecule has 1 atom stereocenters. The first kappa shape index (κ1) is 13.1. The van der Waals surface area contributed by atoms with Crippen LogP contribution < -0.4 is 10.2 Å². The SMILES string of the molecule is CC(=O)Nc1cc(N2CC(Br)CC2=O)ccc1C. The van der Waals surface area contributed by atoms with E-state index in [0.29, 0.717) is 13.0 Å². The van der Waals surface area contributed by atoms with Gasteiger partial charge in [0.2, 0.25) is 11.8 Å². The molecule has 2 rings (SSSR count). The third-order valence-corrected chi connectivity index (χ3v) is 3.53. The number of nitrogens with one attached hydrogen (secondary N) is 1. The number of anilines is 2. The number of amides is 2. The average Bonchev–Trinajstić information content (AvgIpc) is 2.60. The summed E-state index contributed by atoms with van der Waals surface area (Å²) < 4.78 is 0. The first-order valence-electron chi connectivity index (χ1n) is 5.80. The molecule has 0 spiro atoms. The fraction of sp³-hybridized carbons (Fsp3) is 0.385. The van der Waals surface area contributed by atoms with Crippen LogP contribution in [0.15, 0.2) is 18.2 Å². The van der Waals surface area contributed by atoms with Crippen molar-refractivity contribution < 1.29 is 9.59 Å². The van der Waals surface area contributed by atoms with Crippen molar-refractivity contribution in [2.45, 2.75) is 25.1 Å². The van der Waals surface area contributed by atoms with Crippen molar-refractivity contribution in [3.8, 4) is 0 Å². The fourth-order valence-corrected chi connectivity index (χ4v) is 2.58. The zero-order chi connectivity index (χ0) is 13.3. The number of rotatable bonds is 2. The Kier molecular flexibility index (Phi) is 3.71. The lowest BCUT2D eigenvalue weighted by atomic mass is 10.1. The number of aryl methyl sites for hydroxylation is 1. The highest BCUT2D eigenvalue weighted by Gasteiger charge is 2.28. The number of carbonyl (C=O) groups excluding carboxylic acids is 2. The lowest BCUT2D eigenvalue weighted by Crippen LogP contribution is -2.24. The van der Waals surface area contributed by atoms with Gasteiger partial charge in [0.05, 0.1) is 0 Å². The molecular formula is C13H15BrN2O2. The van der Waals surface area contributed by atoms with Crippen LogP contribution in [-0.2, 0) is 9.59 Å². The van der Waals surface area contributed by atoms with Crippen LogP contribution in [0.3, 0.4) is 0 Å². The van der Waals surface area contributed by atoms with Crippen molar-refractivity contribution >= 4 is 39.1 Å². The van der Waals surface area contributed by atoms with E-state index in [9.17, 15) is 9.59 Å². The molecule has 0 saturated carbocycles. The number of benzene rings is 1. The van der Waals surface area contributed by atoms with E-state index in [-0.39, 0.29) is 16.6 Å². The summed E-state index contributed by atoms with van der Waals surface area (Å²) in [6, 6.07) is 5.67. The minimum absolute atomic E-state index is 0.106. The molecule has 0 radical (unpaired) electrons. The molecule has 1 aromatic rings. The largest absolute Gasteiger partial charge is 0.326 e. The summed E-state index contributed by atoms with van der Waals surface area (Å²) in [6.07, 6.45) is 0.517. The van der Waals surface area contributed by atoms with E-state index in [1.807, 2.05) is 25.1 Å². The van der Waals surface area contributed by atoms with Crippen LogP contribution in [0, 0.1) is 6.92 Å². The summed E-state index contributed by atoms with van der Waals surface area (Å²) in [4.78, 5) is 24.9. The maximum absolute atomic E-state index is 11.8. The van der Waals surface area contributed by atoms with E-state index in [4.69, 9.17) is 0 Å². The van der Waals surface area contributed by atoms with E-state index < -0.39 is 0 Å². The minimum atomic E-state index is -0.110. The number of nitrogens with zero attached hydrogens (tertiary/aromatic N) is 1. The zero-order valence-corrected chi connectivity index (χ0v) is 12.0. The summed E-state index contributed by atoms with van der Waals surface area (Å²) in [5, 5.41) is 2.77. The lowest BCUT2D eigenvalue weighted by Gasteiger charge is -2.18. The minimum Gasteiger partial charge on any atom is -0.326 e. The third kappa shape index (κ3) is 2.72. The standard InChI is InChI=1S/C13H15BrN2O2/c1-8-3-4-11(6-12(8)15-9(2)17)16-7-10(14)5-13(16)18/h3-4,6,10H,5,7H2,1-2H3,(H,15,17). The molecule has 1 heterocycles. The molecule has 1 saturated heterocycles. The first-order chi connectivity index (χ1) is 8.47. The van der Waals surface area contributed by atoms with Crippen molar-refractivity contribution in [1.82, 2.24) is 0 Å². The van der Waals surface area contributed by atoms with Crippen molar-refractivity contribution in [2.75, 3.05) is 16.8 Å². The van der Waals surface area contributed by atoms with Crippen molar-refractivity contribution in [2.24, 2.45) is 0 Å². The van der Waals surface area contributed by atoms with Gasteiger partial charge in [-0.3, -0.25) is 9.59 Å². The van der Waals surface area contributed by atoms with Gasteiger partial charge in [0, 0.05) is 36.1 Å². The van der Waals surface area contributed by atoms with Gasteiger partial charge in [0.15, 0.2) is 0 Å². The summed E-state index contributed by atoms with van der Waals surface area (Å²) in [7, 11) is 0. The van der Waals surface area contributed by atoms with Crippen LogP contribution in [0.4, 0.5) is 11.4 Å². The Bertz CT molecular complexity index is 502. The molecule has 1 aromatic carbocycles. The van der Waals surface area contributed by atoms with Gasteiger partial charge in [-0.2, -0.15) is 0 Å². The predicted octanol–water partition coefficient (Wildman–Crippen LogP) is 2.45. The second-order valence-electron chi connectivity index (χ2n) is 4.49. The summed E-state index contributed by atoms with van der Waals surface area (Å²) in [5.41, 5.74) is 2.57. The highest BCUT2D eigenvalue weighted by atomic mass is 79.9. The Morgan fingerprint density at radius 1 is 1.50 bits per heavy atom. The quantitative estimate of drug-likeness (QED) is 0.853. The van der Waals surface area contributed by atoms with Crippen LogP contribution in [0.25, 0.3) is 0 Å². The molecule has 1 fully saturated rings. The molecule has 18 heavy (non-hydrogen) atoms. The molecule has 0 aliphatic carbocycles. The van der Waals surface area contributed by atoms with Gasteiger partial charge in [-0.1, -0.05) is 22.0 Å². The Morgan fingerprint density at radius 2 is 2.22 bits per heavy atom. The Hall–Kier alpha value is -1.36. The summed E-state index contributed by atoms with van der Waals surface area (Å²) in [5.74, 6) is -0.00382. The summed E-state index contributed by atoms with van der Waals surface area (Å²) >= 11 is 3.46. The average molecular weight is 311 g/mol. The maximum Gasteiger partial charge on any atom is 0.228 e. The second-order valence-corrected chi connectivity index (χ2v) is 5.78. The molecule has 0 bridgehead atoms. The van der Waals surface area contributed by atoms with Crippen LogP contribution in [0.2, 0.25) is 0 Å². The molecule has 1 aliphatic heterocycles. The number of hydrogen-bond donors (Lipinski definition) is 1. The van der Waals surface area contributed by atoms with E-state index in [2.05, 4.69) is 21.2 Å². The molecule has 96 valence electrons. The van der Waals surface area contributed by atoms with Crippen LogP contribution in [-0.4, -0.2) is 23.2 Å². The molecular weight excluding hydrogens is 296 g/mol. The lowest BCUT2D eigenvalue weighted by molar-refractivity contribution is -0.117. The van der Waals surface area contributed by atoms with Crippen molar-refractivity contribution in [1.29, 1.82) is 0 Å². The van der Waals surface area contributed by atoms with Crippen molar-refractivity contribution in [3.63, 3.8) is 0 Å². The van der Waals surface area contributed by atoms with Crippen LogP contribution in [0.1, 0.15) is 18.9 Å². The molecule has 1 unspecified atom stereocenters. The van der Waals surface area contributed by atoms with Crippen molar-refractivity contribution in [3.05, 3.63) is 23.8 Å². The van der Waals surface area contributed by atoms with Crippen LogP contribution >= 0.6 is 15.9 Å². The molecule has 2 amide bonds. The second kappa shape index (κ2) is 5.10. The van der Waals surface area contributed by atoms with Gasteiger partial charge in [0.1, 0.15) is 0 Å². The Morgan fingerprint density at radius 3 is 2.78 bits per heavy atom. The topological polar surface area (TPSA) is 49.4 Å². The molecule has 1 aliphatic rings. The Balaban J connectivity index is 2.29. The van der Waals surface area contributed by atoms with E-state index in [0.717, 1.165) is 16.9 Å². The van der Waals surface area contributed by atoms with E-state index in [1.165, 1.54) is 6.92 Å². The monoisotopic (exact) mass is 310 g/mol. The number of halogens is 1. The summed E-state index contributed by atoms with van der Waals surface area (Å²) in [6.45, 7) is 4.07. The maximum atomic E-state index is 11.8. The van der Waals surface area contributed by atoms with Gasteiger partial charge in [-0.25, -0.2) is 0 Å². The third-order valence-electron chi connectivity index (χ3n) is 2.92. The first-order valence-corrected chi connectivity index (χ1v) is 6.71. The molecule has 4 nitrogen and oxygen atoms in total. The van der Waals surface area contributed by atoms with Gasteiger partial charge in [-0.15, -0.1) is 0 Å². The normalized spacial score (nSPS) is 19.2. The predicted molar refractivity (Wildman–Crippen MR) is 75.2 cm³/mol. The van der Waals surface area contributed by atoms with Crippen LogP contribution in [0.5, 0.6) is 0 Å². The van der Waals surface area contributed by atoms with E-state index >= 15 is 0 Å². The smallest absolute Gasteiger partial charge is 0.228 e. The van der Waals surface area contributed by atoms with Gasteiger partial charge >= 0.3 is 0 Å². The van der Waals surface area contributed by atoms with Gasteiger partial charge < -0.3 is 10.2 Å². The number of carbonyl (C=O) groups is 2. The molecule has 5 heteroatoms. The Labute approximate surface area is 114 Å². The van der Waals surface area contributed by atoms with Gasteiger partial charge in [0.25, 0.3) is 0 Å². The van der Waals surface area contributed by atoms with Gasteiger partial charge in [-0.05, 0) is 24.6 Å².